The lowest BCUT2D eigenvalue weighted by atomic mass is 10.1. The van der Waals surface area contributed by atoms with Crippen molar-refractivity contribution in [2.24, 2.45) is 5.41 Å². The lowest BCUT2D eigenvalue weighted by Gasteiger charge is -2.11. The van der Waals surface area contributed by atoms with Crippen LogP contribution in [0.25, 0.3) is 5.69 Å². The zero-order chi connectivity index (χ0) is 15.7. The van der Waals surface area contributed by atoms with Crippen molar-refractivity contribution in [3.8, 4) is 5.69 Å². The first kappa shape index (κ1) is 15.1. The van der Waals surface area contributed by atoms with Gasteiger partial charge in [-0.3, -0.25) is 4.79 Å². The van der Waals surface area contributed by atoms with Gasteiger partial charge in [0.25, 0.3) is 5.91 Å². The molecule has 1 aromatic carbocycles. The smallest absolute Gasteiger partial charge is 0.271 e. The van der Waals surface area contributed by atoms with E-state index in [1.165, 1.54) is 0 Å². The average Bonchev–Trinajstić information content (AvgIpc) is 3.19. The molecule has 1 heterocycles. The van der Waals surface area contributed by atoms with Crippen molar-refractivity contribution in [2.75, 3.05) is 13.2 Å². The molecule has 2 aromatic rings. The summed E-state index contributed by atoms with van der Waals surface area (Å²) in [6.45, 7) is 2.50. The van der Waals surface area contributed by atoms with Crippen LogP contribution in [0.15, 0.2) is 30.3 Å². The zero-order valence-electron chi connectivity index (χ0n) is 12.3. The third kappa shape index (κ3) is 3.00. The molecule has 3 rings (SSSR count). The first-order chi connectivity index (χ1) is 10.5. The molecule has 0 saturated heterocycles. The summed E-state index contributed by atoms with van der Waals surface area (Å²) >= 11 is 6.00. The summed E-state index contributed by atoms with van der Waals surface area (Å²) in [5, 5.41) is 17.1. The van der Waals surface area contributed by atoms with Gasteiger partial charge in [0.05, 0.1) is 12.3 Å². The number of aliphatic hydroxyl groups excluding tert-OH is 1. The summed E-state index contributed by atoms with van der Waals surface area (Å²) in [4.78, 5) is 12.2. The molecule has 1 saturated carbocycles. The standard InChI is InChI=1S/C16H18ClN3O2/c1-11-7-14(15(22)18-9-16(10-21)5-6-16)19-20(11)13-4-2-3-12(17)8-13/h2-4,7-8,21H,5-6,9-10H2,1H3,(H,18,22). The van der Waals surface area contributed by atoms with E-state index in [2.05, 4.69) is 10.4 Å². The Morgan fingerprint density at radius 3 is 2.86 bits per heavy atom. The highest BCUT2D eigenvalue weighted by molar-refractivity contribution is 6.30. The predicted molar refractivity (Wildman–Crippen MR) is 84.4 cm³/mol. The maximum atomic E-state index is 12.2. The van der Waals surface area contributed by atoms with Crippen molar-refractivity contribution in [3.05, 3.63) is 46.7 Å². The van der Waals surface area contributed by atoms with E-state index in [0.29, 0.717) is 17.3 Å². The second-order valence-electron chi connectivity index (χ2n) is 5.90. The lowest BCUT2D eigenvalue weighted by molar-refractivity contribution is 0.0930. The van der Waals surface area contributed by atoms with Crippen LogP contribution in [0.2, 0.25) is 5.02 Å². The SMILES string of the molecule is Cc1cc(C(=O)NCC2(CO)CC2)nn1-c1cccc(Cl)c1. The zero-order valence-corrected chi connectivity index (χ0v) is 13.1. The number of benzene rings is 1. The van der Waals surface area contributed by atoms with Crippen molar-refractivity contribution < 1.29 is 9.90 Å². The average molecular weight is 320 g/mol. The maximum Gasteiger partial charge on any atom is 0.271 e. The Labute approximate surface area is 133 Å². The summed E-state index contributed by atoms with van der Waals surface area (Å²) < 4.78 is 1.69. The summed E-state index contributed by atoms with van der Waals surface area (Å²) in [5.41, 5.74) is 1.93. The number of carbonyl (C=O) groups is 1. The molecule has 0 radical (unpaired) electrons. The van der Waals surface area contributed by atoms with E-state index >= 15 is 0 Å². The van der Waals surface area contributed by atoms with Crippen molar-refractivity contribution in [2.45, 2.75) is 19.8 Å². The van der Waals surface area contributed by atoms with E-state index in [-0.39, 0.29) is 17.9 Å². The highest BCUT2D eigenvalue weighted by atomic mass is 35.5. The second kappa shape index (κ2) is 5.74. The molecule has 22 heavy (non-hydrogen) atoms. The molecule has 1 aromatic heterocycles. The number of aliphatic hydroxyl groups is 1. The molecule has 5 nitrogen and oxygen atoms in total. The number of carbonyl (C=O) groups excluding carboxylic acids is 1. The molecular weight excluding hydrogens is 302 g/mol. The first-order valence-electron chi connectivity index (χ1n) is 7.25. The van der Waals surface area contributed by atoms with Crippen LogP contribution in [-0.4, -0.2) is 33.9 Å². The summed E-state index contributed by atoms with van der Waals surface area (Å²) in [7, 11) is 0. The van der Waals surface area contributed by atoms with Crippen LogP contribution in [0, 0.1) is 12.3 Å². The van der Waals surface area contributed by atoms with Gasteiger partial charge in [-0.1, -0.05) is 17.7 Å². The summed E-state index contributed by atoms with van der Waals surface area (Å²) in [6, 6.07) is 9.07. The molecule has 116 valence electrons. The van der Waals surface area contributed by atoms with Gasteiger partial charge in [-0.25, -0.2) is 4.68 Å². The normalized spacial score (nSPS) is 15.6. The van der Waals surface area contributed by atoms with Gasteiger partial charge >= 0.3 is 0 Å². The predicted octanol–water partition coefficient (Wildman–Crippen LogP) is 2.34. The first-order valence-corrected chi connectivity index (χ1v) is 7.62. The molecule has 0 atom stereocenters. The largest absolute Gasteiger partial charge is 0.396 e. The van der Waals surface area contributed by atoms with Crippen LogP contribution in [0.5, 0.6) is 0 Å². The molecule has 2 N–H and O–H groups in total. The second-order valence-corrected chi connectivity index (χ2v) is 6.34. The van der Waals surface area contributed by atoms with E-state index in [1.54, 1.807) is 22.9 Å². The molecule has 0 aliphatic heterocycles. The Morgan fingerprint density at radius 1 is 1.45 bits per heavy atom. The van der Waals surface area contributed by atoms with Crippen LogP contribution in [0.1, 0.15) is 29.0 Å². The third-order valence-corrected chi connectivity index (χ3v) is 4.32. The van der Waals surface area contributed by atoms with Gasteiger partial charge in [0.2, 0.25) is 0 Å². The Balaban J connectivity index is 1.75. The molecule has 0 bridgehead atoms. The van der Waals surface area contributed by atoms with Crippen molar-refractivity contribution in [1.29, 1.82) is 0 Å². The van der Waals surface area contributed by atoms with E-state index < -0.39 is 0 Å². The molecule has 1 amide bonds. The molecule has 0 spiro atoms. The quantitative estimate of drug-likeness (QED) is 0.889. The van der Waals surface area contributed by atoms with Crippen molar-refractivity contribution in [1.82, 2.24) is 15.1 Å². The van der Waals surface area contributed by atoms with Gasteiger partial charge in [-0.15, -0.1) is 0 Å². The highest BCUT2D eigenvalue weighted by Crippen LogP contribution is 2.44. The maximum absolute atomic E-state index is 12.2. The fourth-order valence-corrected chi connectivity index (χ4v) is 2.57. The van der Waals surface area contributed by atoms with Gasteiger partial charge in [0.1, 0.15) is 0 Å². The van der Waals surface area contributed by atoms with Crippen molar-refractivity contribution >= 4 is 17.5 Å². The molecule has 1 aliphatic carbocycles. The molecule has 1 fully saturated rings. The number of rotatable bonds is 5. The number of nitrogens with one attached hydrogen (secondary N) is 1. The Kier molecular flexibility index (Phi) is 3.93. The number of aromatic nitrogens is 2. The van der Waals surface area contributed by atoms with Crippen LogP contribution in [-0.2, 0) is 0 Å². The third-order valence-electron chi connectivity index (χ3n) is 4.09. The monoisotopic (exact) mass is 319 g/mol. The summed E-state index contributed by atoms with van der Waals surface area (Å²) in [5.74, 6) is -0.219. The number of amides is 1. The molecule has 6 heteroatoms. The van der Waals surface area contributed by atoms with Gasteiger partial charge in [0, 0.05) is 22.7 Å². The molecule has 0 unspecified atom stereocenters. The van der Waals surface area contributed by atoms with Gasteiger partial charge in [0.15, 0.2) is 5.69 Å². The van der Waals surface area contributed by atoms with Crippen LogP contribution in [0.3, 0.4) is 0 Å². The summed E-state index contributed by atoms with van der Waals surface area (Å²) in [6.07, 6.45) is 1.92. The van der Waals surface area contributed by atoms with Crippen LogP contribution >= 0.6 is 11.6 Å². The number of hydrogen-bond donors (Lipinski definition) is 2. The Hall–Kier alpha value is -1.85. The Morgan fingerprint density at radius 2 is 2.23 bits per heavy atom. The van der Waals surface area contributed by atoms with E-state index in [0.717, 1.165) is 24.2 Å². The minimum atomic E-state index is -0.219. The highest BCUT2D eigenvalue weighted by Gasteiger charge is 2.42. The number of hydrogen-bond acceptors (Lipinski definition) is 3. The molecule has 1 aliphatic rings. The van der Waals surface area contributed by atoms with Crippen LogP contribution in [0.4, 0.5) is 0 Å². The topological polar surface area (TPSA) is 67.2 Å². The van der Waals surface area contributed by atoms with E-state index in [1.807, 2.05) is 19.1 Å². The minimum absolute atomic E-state index is 0.111. The lowest BCUT2D eigenvalue weighted by Crippen LogP contribution is -2.32. The van der Waals surface area contributed by atoms with Crippen molar-refractivity contribution in [3.63, 3.8) is 0 Å². The number of aryl methyl sites for hydroxylation is 1. The van der Waals surface area contributed by atoms with E-state index in [9.17, 15) is 9.90 Å². The van der Waals surface area contributed by atoms with E-state index in [4.69, 9.17) is 11.6 Å². The number of nitrogens with zero attached hydrogens (tertiary/aromatic N) is 2. The molecular formula is C16H18ClN3O2. The fraction of sp³-hybridized carbons (Fsp3) is 0.375. The fourth-order valence-electron chi connectivity index (χ4n) is 2.38. The number of halogens is 1. The minimum Gasteiger partial charge on any atom is -0.396 e. The Bertz CT molecular complexity index is 707. The van der Waals surface area contributed by atoms with Crippen LogP contribution < -0.4 is 5.32 Å². The van der Waals surface area contributed by atoms with Gasteiger partial charge < -0.3 is 10.4 Å². The van der Waals surface area contributed by atoms with Gasteiger partial charge in [-0.2, -0.15) is 5.10 Å². The van der Waals surface area contributed by atoms with Gasteiger partial charge in [-0.05, 0) is 44.0 Å².